The lowest BCUT2D eigenvalue weighted by Gasteiger charge is -2.09. The molecule has 0 N–H and O–H groups in total. The minimum absolute atomic E-state index is 0.208. The molecule has 0 spiro atoms. The first-order chi connectivity index (χ1) is 9.49. The van der Waals surface area contributed by atoms with Gasteiger partial charge in [0.15, 0.2) is 5.78 Å². The second kappa shape index (κ2) is 5.88. The summed E-state index contributed by atoms with van der Waals surface area (Å²) in [7, 11) is 0. The summed E-state index contributed by atoms with van der Waals surface area (Å²) in [4.78, 5) is 23.7. The highest BCUT2D eigenvalue weighted by atomic mass is 35.5. The maximum Gasteiger partial charge on any atom is 0.343 e. The number of carbonyl (C=O) groups is 2. The lowest BCUT2D eigenvalue weighted by Crippen LogP contribution is -2.12. The molecular formula is C16H13ClO3. The Morgan fingerprint density at radius 2 is 1.75 bits per heavy atom. The Hall–Kier alpha value is -2.13. The zero-order valence-corrected chi connectivity index (χ0v) is 11.9. The average Bonchev–Trinajstić information content (AvgIpc) is 2.41. The Morgan fingerprint density at radius 3 is 2.40 bits per heavy atom. The van der Waals surface area contributed by atoms with Crippen molar-refractivity contribution in [1.82, 2.24) is 0 Å². The van der Waals surface area contributed by atoms with E-state index in [9.17, 15) is 9.59 Å². The SMILES string of the molecule is CC(=O)c1cc(Cl)ccc1OC(=O)c1ccccc1C. The molecule has 0 aromatic heterocycles. The highest BCUT2D eigenvalue weighted by Crippen LogP contribution is 2.24. The van der Waals surface area contributed by atoms with Crippen LogP contribution in [0.15, 0.2) is 42.5 Å². The van der Waals surface area contributed by atoms with Crippen molar-refractivity contribution in [1.29, 1.82) is 0 Å². The van der Waals surface area contributed by atoms with E-state index in [1.54, 1.807) is 18.2 Å². The van der Waals surface area contributed by atoms with Gasteiger partial charge in [-0.25, -0.2) is 4.79 Å². The van der Waals surface area contributed by atoms with Gasteiger partial charge in [-0.2, -0.15) is 0 Å². The highest BCUT2D eigenvalue weighted by molar-refractivity contribution is 6.31. The van der Waals surface area contributed by atoms with E-state index < -0.39 is 5.97 Å². The lowest BCUT2D eigenvalue weighted by molar-refractivity contribution is 0.0732. The number of halogens is 1. The highest BCUT2D eigenvalue weighted by Gasteiger charge is 2.15. The van der Waals surface area contributed by atoms with Crippen LogP contribution >= 0.6 is 11.6 Å². The molecule has 3 nitrogen and oxygen atoms in total. The molecule has 2 aromatic rings. The van der Waals surface area contributed by atoms with Crippen LogP contribution in [0.3, 0.4) is 0 Å². The van der Waals surface area contributed by atoms with Gasteiger partial charge in [-0.1, -0.05) is 29.8 Å². The van der Waals surface area contributed by atoms with Crippen molar-refractivity contribution in [2.24, 2.45) is 0 Å². The molecule has 0 aliphatic rings. The number of carbonyl (C=O) groups excluding carboxylic acids is 2. The van der Waals surface area contributed by atoms with Crippen molar-refractivity contribution in [3.05, 3.63) is 64.2 Å². The molecule has 0 fully saturated rings. The van der Waals surface area contributed by atoms with Crippen molar-refractivity contribution >= 4 is 23.4 Å². The Balaban J connectivity index is 2.33. The van der Waals surface area contributed by atoms with Crippen molar-refractivity contribution < 1.29 is 14.3 Å². The zero-order valence-electron chi connectivity index (χ0n) is 11.1. The first-order valence-electron chi connectivity index (χ1n) is 6.07. The quantitative estimate of drug-likeness (QED) is 0.486. The van der Waals surface area contributed by atoms with E-state index in [2.05, 4.69) is 0 Å². The smallest absolute Gasteiger partial charge is 0.343 e. The van der Waals surface area contributed by atoms with Crippen LogP contribution in [0.2, 0.25) is 5.02 Å². The number of esters is 1. The largest absolute Gasteiger partial charge is 0.422 e. The summed E-state index contributed by atoms with van der Waals surface area (Å²) < 4.78 is 5.31. The van der Waals surface area contributed by atoms with E-state index >= 15 is 0 Å². The van der Waals surface area contributed by atoms with Crippen LogP contribution in [-0.2, 0) is 0 Å². The molecule has 0 amide bonds. The monoisotopic (exact) mass is 288 g/mol. The van der Waals surface area contributed by atoms with E-state index in [4.69, 9.17) is 16.3 Å². The van der Waals surface area contributed by atoms with Gasteiger partial charge in [0.2, 0.25) is 0 Å². The summed E-state index contributed by atoms with van der Waals surface area (Å²) in [6, 6.07) is 11.7. The minimum Gasteiger partial charge on any atom is -0.422 e. The van der Waals surface area contributed by atoms with Gasteiger partial charge in [-0.3, -0.25) is 4.79 Å². The molecule has 0 saturated carbocycles. The van der Waals surface area contributed by atoms with Crippen molar-refractivity contribution in [2.45, 2.75) is 13.8 Å². The van der Waals surface area contributed by atoms with E-state index in [-0.39, 0.29) is 11.5 Å². The standard InChI is InChI=1S/C16H13ClO3/c1-10-5-3-4-6-13(10)16(19)20-15-8-7-12(17)9-14(15)11(2)18/h3-9H,1-2H3. The Labute approximate surface area is 122 Å². The fraction of sp³-hybridized carbons (Fsp3) is 0.125. The van der Waals surface area contributed by atoms with Crippen LogP contribution in [0.4, 0.5) is 0 Å². The number of aryl methyl sites for hydroxylation is 1. The third kappa shape index (κ3) is 3.06. The fourth-order valence-corrected chi connectivity index (χ4v) is 2.00. The third-order valence-corrected chi connectivity index (χ3v) is 3.12. The molecule has 0 unspecified atom stereocenters. The number of Topliss-reactive ketones (excluding diaryl/α,β-unsaturated/α-hetero) is 1. The van der Waals surface area contributed by atoms with Crippen molar-refractivity contribution in [2.75, 3.05) is 0 Å². The number of hydrogen-bond acceptors (Lipinski definition) is 3. The lowest BCUT2D eigenvalue weighted by atomic mass is 10.1. The van der Waals surface area contributed by atoms with Gasteiger partial charge in [-0.15, -0.1) is 0 Å². The second-order valence-electron chi connectivity index (χ2n) is 4.40. The van der Waals surface area contributed by atoms with Crippen LogP contribution in [-0.4, -0.2) is 11.8 Å². The molecule has 2 rings (SSSR count). The number of ether oxygens (including phenoxy) is 1. The van der Waals surface area contributed by atoms with Crippen LogP contribution in [0.1, 0.15) is 33.2 Å². The third-order valence-electron chi connectivity index (χ3n) is 2.89. The maximum absolute atomic E-state index is 12.1. The van der Waals surface area contributed by atoms with Crippen LogP contribution in [0.5, 0.6) is 5.75 Å². The molecule has 0 atom stereocenters. The molecule has 0 bridgehead atoms. The number of benzene rings is 2. The molecule has 20 heavy (non-hydrogen) atoms. The Morgan fingerprint density at radius 1 is 1.05 bits per heavy atom. The van der Waals surface area contributed by atoms with Gasteiger partial charge in [0.25, 0.3) is 0 Å². The first-order valence-corrected chi connectivity index (χ1v) is 6.45. The number of rotatable bonds is 3. The maximum atomic E-state index is 12.1. The zero-order chi connectivity index (χ0) is 14.7. The predicted octanol–water partition coefficient (Wildman–Crippen LogP) is 4.07. The molecule has 0 aliphatic heterocycles. The summed E-state index contributed by atoms with van der Waals surface area (Å²) in [6.45, 7) is 3.22. The van der Waals surface area contributed by atoms with Crippen LogP contribution in [0.25, 0.3) is 0 Å². The van der Waals surface area contributed by atoms with Crippen LogP contribution in [0, 0.1) is 6.92 Å². The Kier molecular flexibility index (Phi) is 4.20. The van der Waals surface area contributed by atoms with Gasteiger partial charge >= 0.3 is 5.97 Å². The van der Waals surface area contributed by atoms with E-state index in [0.717, 1.165) is 5.56 Å². The summed E-state index contributed by atoms with van der Waals surface area (Å²) in [5, 5.41) is 0.422. The van der Waals surface area contributed by atoms with E-state index in [0.29, 0.717) is 16.1 Å². The summed E-state index contributed by atoms with van der Waals surface area (Å²) in [6.07, 6.45) is 0. The normalized spacial score (nSPS) is 10.2. The van der Waals surface area contributed by atoms with E-state index in [1.807, 2.05) is 19.1 Å². The second-order valence-corrected chi connectivity index (χ2v) is 4.84. The fourth-order valence-electron chi connectivity index (χ4n) is 1.82. The summed E-state index contributed by atoms with van der Waals surface area (Å²) in [5.74, 6) is -0.483. The molecule has 2 aromatic carbocycles. The van der Waals surface area contributed by atoms with Crippen molar-refractivity contribution in [3.8, 4) is 5.75 Å². The minimum atomic E-state index is -0.493. The molecule has 0 radical (unpaired) electrons. The van der Waals surface area contributed by atoms with Gasteiger partial charge < -0.3 is 4.74 Å². The predicted molar refractivity (Wildman–Crippen MR) is 77.6 cm³/mol. The molecule has 0 saturated heterocycles. The summed E-state index contributed by atoms with van der Waals surface area (Å²) in [5.41, 5.74) is 1.58. The molecule has 4 heteroatoms. The molecule has 102 valence electrons. The van der Waals surface area contributed by atoms with Crippen molar-refractivity contribution in [3.63, 3.8) is 0 Å². The van der Waals surface area contributed by atoms with Gasteiger partial charge in [0, 0.05) is 5.02 Å². The summed E-state index contributed by atoms with van der Waals surface area (Å²) >= 11 is 5.85. The molecule has 0 aliphatic carbocycles. The Bertz CT molecular complexity index is 677. The van der Waals surface area contributed by atoms with Gasteiger partial charge in [0.1, 0.15) is 5.75 Å². The van der Waals surface area contributed by atoms with Gasteiger partial charge in [0.05, 0.1) is 11.1 Å². The molecule has 0 heterocycles. The van der Waals surface area contributed by atoms with Crippen LogP contribution < -0.4 is 4.74 Å². The van der Waals surface area contributed by atoms with Gasteiger partial charge in [-0.05, 0) is 43.7 Å². The van der Waals surface area contributed by atoms with E-state index in [1.165, 1.54) is 19.1 Å². The first kappa shape index (κ1) is 14.3. The average molecular weight is 289 g/mol. The number of ketones is 1. The topological polar surface area (TPSA) is 43.4 Å². The molecular weight excluding hydrogens is 276 g/mol. The number of hydrogen-bond donors (Lipinski definition) is 0.